The van der Waals surface area contributed by atoms with E-state index in [4.69, 9.17) is 4.74 Å². The number of fused-ring (bicyclic) bond motifs is 1. The molecule has 0 aromatic heterocycles. The number of carbonyl (C=O) groups excluding carboxylic acids is 1. The minimum Gasteiger partial charge on any atom is -0.483 e. The molecule has 0 spiro atoms. The summed E-state index contributed by atoms with van der Waals surface area (Å²) in [6.07, 6.45) is 0. The number of anilines is 2. The summed E-state index contributed by atoms with van der Waals surface area (Å²) >= 11 is 0. The first-order valence-corrected chi connectivity index (χ1v) is 7.46. The number of ether oxygens (including phenoxy) is 1. The van der Waals surface area contributed by atoms with Crippen LogP contribution in [0.4, 0.5) is 11.4 Å². The standard InChI is InChI=1S/C18H20N2O2/c1-14-7-3-6-10-17(14)22-13-18(21)20-12-11-19(2)15-8-4-5-9-16(15)20/h3-10H,11-13H2,1-2H3. The van der Waals surface area contributed by atoms with Gasteiger partial charge >= 0.3 is 0 Å². The lowest BCUT2D eigenvalue weighted by Gasteiger charge is -2.35. The van der Waals surface area contributed by atoms with Crippen molar-refractivity contribution in [2.75, 3.05) is 36.5 Å². The van der Waals surface area contributed by atoms with Crippen molar-refractivity contribution in [3.8, 4) is 5.75 Å². The van der Waals surface area contributed by atoms with Crippen LogP contribution in [0, 0.1) is 6.92 Å². The molecule has 1 amide bonds. The SMILES string of the molecule is Cc1ccccc1OCC(=O)N1CCN(C)c2ccccc21. The third-order valence-corrected chi connectivity index (χ3v) is 3.99. The van der Waals surface area contributed by atoms with E-state index in [1.54, 1.807) is 0 Å². The van der Waals surface area contributed by atoms with Crippen molar-refractivity contribution in [3.05, 3.63) is 54.1 Å². The van der Waals surface area contributed by atoms with Crippen LogP contribution < -0.4 is 14.5 Å². The third-order valence-electron chi connectivity index (χ3n) is 3.99. The summed E-state index contributed by atoms with van der Waals surface area (Å²) in [4.78, 5) is 16.5. The molecule has 0 radical (unpaired) electrons. The molecule has 114 valence electrons. The number of hydrogen-bond donors (Lipinski definition) is 0. The number of para-hydroxylation sites is 3. The van der Waals surface area contributed by atoms with Crippen molar-refractivity contribution in [2.45, 2.75) is 6.92 Å². The molecule has 0 saturated carbocycles. The second-order valence-electron chi connectivity index (χ2n) is 5.51. The molecule has 4 nitrogen and oxygen atoms in total. The van der Waals surface area contributed by atoms with Crippen LogP contribution in [-0.4, -0.2) is 32.7 Å². The number of likely N-dealkylation sites (N-methyl/N-ethyl adjacent to an activating group) is 1. The maximum atomic E-state index is 12.5. The summed E-state index contributed by atoms with van der Waals surface area (Å²) in [6, 6.07) is 15.7. The van der Waals surface area contributed by atoms with Crippen LogP contribution in [0.25, 0.3) is 0 Å². The van der Waals surface area contributed by atoms with Gasteiger partial charge < -0.3 is 14.5 Å². The summed E-state index contributed by atoms with van der Waals surface area (Å²) in [7, 11) is 2.05. The smallest absolute Gasteiger partial charge is 0.265 e. The molecule has 1 aliphatic heterocycles. The van der Waals surface area contributed by atoms with Gasteiger partial charge in [-0.1, -0.05) is 30.3 Å². The predicted octanol–water partition coefficient (Wildman–Crippen LogP) is 2.86. The average molecular weight is 296 g/mol. The van der Waals surface area contributed by atoms with Crippen LogP contribution in [-0.2, 0) is 4.79 Å². The fourth-order valence-electron chi connectivity index (χ4n) is 2.70. The number of hydrogen-bond acceptors (Lipinski definition) is 3. The quantitative estimate of drug-likeness (QED) is 0.873. The van der Waals surface area contributed by atoms with E-state index in [2.05, 4.69) is 4.90 Å². The molecule has 2 aromatic rings. The number of amides is 1. The average Bonchev–Trinajstić information content (AvgIpc) is 2.54. The first kappa shape index (κ1) is 14.4. The minimum absolute atomic E-state index is 0.0104. The zero-order chi connectivity index (χ0) is 15.5. The van der Waals surface area contributed by atoms with Crippen molar-refractivity contribution in [1.82, 2.24) is 0 Å². The molecular weight excluding hydrogens is 276 g/mol. The van der Waals surface area contributed by atoms with E-state index < -0.39 is 0 Å². The van der Waals surface area contributed by atoms with Gasteiger partial charge in [-0.25, -0.2) is 0 Å². The van der Waals surface area contributed by atoms with Crippen LogP contribution in [0.3, 0.4) is 0 Å². The van der Waals surface area contributed by atoms with Gasteiger partial charge in [0.2, 0.25) is 0 Å². The second kappa shape index (κ2) is 6.10. The number of aryl methyl sites for hydroxylation is 1. The fraction of sp³-hybridized carbons (Fsp3) is 0.278. The van der Waals surface area contributed by atoms with Crippen LogP contribution in [0.1, 0.15) is 5.56 Å². The Labute approximate surface area is 130 Å². The van der Waals surface area contributed by atoms with Crippen molar-refractivity contribution < 1.29 is 9.53 Å². The molecule has 0 fully saturated rings. The van der Waals surface area contributed by atoms with Gasteiger partial charge in [0.15, 0.2) is 6.61 Å². The highest BCUT2D eigenvalue weighted by Crippen LogP contribution is 2.31. The third kappa shape index (κ3) is 2.77. The Morgan fingerprint density at radius 2 is 1.73 bits per heavy atom. The van der Waals surface area contributed by atoms with Gasteiger partial charge in [-0.2, -0.15) is 0 Å². The highest BCUT2D eigenvalue weighted by molar-refractivity contribution is 5.98. The van der Waals surface area contributed by atoms with E-state index in [0.717, 1.165) is 29.2 Å². The van der Waals surface area contributed by atoms with Gasteiger partial charge in [-0.15, -0.1) is 0 Å². The highest BCUT2D eigenvalue weighted by atomic mass is 16.5. The van der Waals surface area contributed by atoms with Crippen LogP contribution >= 0.6 is 0 Å². The Hall–Kier alpha value is -2.49. The lowest BCUT2D eigenvalue weighted by Crippen LogP contribution is -2.44. The maximum Gasteiger partial charge on any atom is 0.265 e. The first-order chi connectivity index (χ1) is 10.7. The molecule has 1 aliphatic rings. The van der Waals surface area contributed by atoms with Gasteiger partial charge in [0.25, 0.3) is 5.91 Å². The summed E-state index contributed by atoms with van der Waals surface area (Å²) in [5.74, 6) is 0.752. The molecule has 0 bridgehead atoms. The van der Waals surface area contributed by atoms with E-state index in [9.17, 15) is 4.79 Å². The summed E-state index contributed by atoms with van der Waals surface area (Å²) < 4.78 is 5.69. The largest absolute Gasteiger partial charge is 0.483 e. The molecule has 0 N–H and O–H groups in total. The van der Waals surface area contributed by atoms with Gasteiger partial charge in [0.1, 0.15) is 5.75 Å². The van der Waals surface area contributed by atoms with Crippen molar-refractivity contribution in [2.24, 2.45) is 0 Å². The van der Waals surface area contributed by atoms with Crippen molar-refractivity contribution >= 4 is 17.3 Å². The van der Waals surface area contributed by atoms with Crippen molar-refractivity contribution in [1.29, 1.82) is 0 Å². The number of benzene rings is 2. The van der Waals surface area contributed by atoms with Gasteiger partial charge in [-0.3, -0.25) is 4.79 Å². The van der Waals surface area contributed by atoms with E-state index in [1.807, 2.05) is 67.4 Å². The number of nitrogens with zero attached hydrogens (tertiary/aromatic N) is 2. The fourth-order valence-corrected chi connectivity index (χ4v) is 2.70. The number of carbonyl (C=O) groups is 1. The molecule has 0 atom stereocenters. The van der Waals surface area contributed by atoms with E-state index in [0.29, 0.717) is 6.54 Å². The molecule has 0 unspecified atom stereocenters. The zero-order valence-electron chi connectivity index (χ0n) is 13.0. The van der Waals surface area contributed by atoms with Crippen LogP contribution in [0.2, 0.25) is 0 Å². The Kier molecular flexibility index (Phi) is 4.00. The minimum atomic E-state index is -0.0104. The Morgan fingerprint density at radius 1 is 1.05 bits per heavy atom. The summed E-state index contributed by atoms with van der Waals surface area (Å²) in [6.45, 7) is 3.55. The molecule has 22 heavy (non-hydrogen) atoms. The molecule has 0 saturated heterocycles. The van der Waals surface area contributed by atoms with Crippen LogP contribution in [0.5, 0.6) is 5.75 Å². The van der Waals surface area contributed by atoms with Crippen molar-refractivity contribution in [3.63, 3.8) is 0 Å². The van der Waals surface area contributed by atoms with Gasteiger partial charge in [0.05, 0.1) is 11.4 Å². The second-order valence-corrected chi connectivity index (χ2v) is 5.51. The highest BCUT2D eigenvalue weighted by Gasteiger charge is 2.24. The molecule has 3 rings (SSSR count). The molecule has 4 heteroatoms. The molecular formula is C18H20N2O2. The molecule has 1 heterocycles. The summed E-state index contributed by atoms with van der Waals surface area (Å²) in [5.41, 5.74) is 3.07. The Morgan fingerprint density at radius 3 is 2.50 bits per heavy atom. The Balaban J connectivity index is 1.74. The van der Waals surface area contributed by atoms with Crippen LogP contribution in [0.15, 0.2) is 48.5 Å². The zero-order valence-corrected chi connectivity index (χ0v) is 13.0. The van der Waals surface area contributed by atoms with Gasteiger partial charge in [-0.05, 0) is 30.7 Å². The normalized spacial score (nSPS) is 13.7. The first-order valence-electron chi connectivity index (χ1n) is 7.46. The number of rotatable bonds is 3. The van der Waals surface area contributed by atoms with E-state index in [1.165, 1.54) is 0 Å². The predicted molar refractivity (Wildman–Crippen MR) is 88.7 cm³/mol. The van der Waals surface area contributed by atoms with E-state index in [-0.39, 0.29) is 12.5 Å². The maximum absolute atomic E-state index is 12.5. The monoisotopic (exact) mass is 296 g/mol. The van der Waals surface area contributed by atoms with E-state index >= 15 is 0 Å². The Bertz CT molecular complexity index is 684. The topological polar surface area (TPSA) is 32.8 Å². The van der Waals surface area contributed by atoms with Gasteiger partial charge in [0, 0.05) is 20.1 Å². The molecule has 0 aliphatic carbocycles. The lowest BCUT2D eigenvalue weighted by atomic mass is 10.1. The summed E-state index contributed by atoms with van der Waals surface area (Å²) in [5, 5.41) is 0. The molecule has 2 aromatic carbocycles. The lowest BCUT2D eigenvalue weighted by molar-refractivity contribution is -0.120.